The molecule has 0 aromatic heterocycles. The molecule has 0 nitrogen and oxygen atoms in total. The van der Waals surface area contributed by atoms with Crippen LogP contribution in [-0.2, 0) is 30.7 Å². The van der Waals surface area contributed by atoms with Gasteiger partial charge >= 0.3 is 53.1 Å². The van der Waals surface area contributed by atoms with Gasteiger partial charge in [0.15, 0.2) is 0 Å². The van der Waals surface area contributed by atoms with E-state index in [1.165, 1.54) is 47.9 Å². The van der Waals surface area contributed by atoms with Gasteiger partial charge in [-0.25, -0.2) is 12.1 Å². The van der Waals surface area contributed by atoms with E-state index in [9.17, 15) is 0 Å². The molecule has 5 rings (SSSR count). The van der Waals surface area contributed by atoms with Crippen molar-refractivity contribution in [3.63, 3.8) is 0 Å². The number of hydrogen-bond donors (Lipinski definition) is 0. The summed E-state index contributed by atoms with van der Waals surface area (Å²) >= 11 is 1.68. The van der Waals surface area contributed by atoms with Crippen LogP contribution in [0.4, 0.5) is 0 Å². The first kappa shape index (κ1) is 23.2. The summed E-state index contributed by atoms with van der Waals surface area (Å²) in [6.45, 7) is 0. The molecule has 1 fully saturated rings. The van der Waals surface area contributed by atoms with Gasteiger partial charge in [0.25, 0.3) is 0 Å². The molecule has 0 unspecified atom stereocenters. The maximum atomic E-state index is 3.30. The maximum absolute atomic E-state index is 3.30. The molecule has 3 aromatic carbocycles. The first-order valence-electron chi connectivity index (χ1n) is 8.65. The van der Waals surface area contributed by atoms with Crippen molar-refractivity contribution in [1.29, 1.82) is 0 Å². The second kappa shape index (κ2) is 12.5. The van der Waals surface area contributed by atoms with E-state index in [2.05, 4.69) is 42.5 Å². The van der Waals surface area contributed by atoms with Crippen molar-refractivity contribution in [1.82, 2.24) is 0 Å². The molecule has 0 heterocycles. The Labute approximate surface area is 184 Å². The van der Waals surface area contributed by atoms with Crippen LogP contribution in [0.15, 0.2) is 72.8 Å². The molecule has 3 aromatic rings. The summed E-state index contributed by atoms with van der Waals surface area (Å²) < 4.78 is 1.79. The molecule has 0 bridgehead atoms. The topological polar surface area (TPSA) is 0 Å². The van der Waals surface area contributed by atoms with Gasteiger partial charge in [0, 0.05) is 0 Å². The van der Waals surface area contributed by atoms with Gasteiger partial charge in [0.05, 0.1) is 0 Å². The average molecular weight is 461 g/mol. The van der Waals surface area contributed by atoms with Crippen LogP contribution in [0, 0.1) is 6.07 Å². The van der Waals surface area contributed by atoms with Crippen molar-refractivity contribution in [3.8, 4) is 11.1 Å². The number of rotatable bonds is 0. The van der Waals surface area contributed by atoms with Gasteiger partial charge in [0.2, 0.25) is 0 Å². The van der Waals surface area contributed by atoms with Gasteiger partial charge in [0.1, 0.15) is 0 Å². The minimum atomic E-state index is 0. The molecular formula is C23H22Cl2Zr-2. The quantitative estimate of drug-likeness (QED) is 0.318. The summed E-state index contributed by atoms with van der Waals surface area (Å²) in [6, 6.07) is 28.1. The Kier molecular flexibility index (Phi) is 11.1. The van der Waals surface area contributed by atoms with Crippen LogP contribution >= 0.6 is 0 Å². The fraction of sp³-hybridized carbons (Fsp3) is 0.217. The zero-order chi connectivity index (χ0) is 16.6. The van der Waals surface area contributed by atoms with Gasteiger partial charge in [-0.05, 0) is 6.42 Å². The Bertz CT molecular complexity index is 710. The van der Waals surface area contributed by atoms with Crippen molar-refractivity contribution in [3.05, 3.63) is 90.0 Å². The number of halogens is 2. The molecule has 0 saturated heterocycles. The maximum Gasteiger partial charge on any atom is -0.0253 e. The first-order chi connectivity index (χ1) is 11.8. The number of benzene rings is 2. The molecule has 2 aliphatic carbocycles. The van der Waals surface area contributed by atoms with E-state index in [-0.39, 0.29) is 24.8 Å². The number of fused-ring (bicyclic) bond motifs is 3. The van der Waals surface area contributed by atoms with E-state index in [4.69, 9.17) is 0 Å². The van der Waals surface area contributed by atoms with Crippen LogP contribution in [0.5, 0.6) is 0 Å². The molecule has 0 aliphatic heterocycles. The van der Waals surface area contributed by atoms with Crippen LogP contribution in [0.2, 0.25) is 0 Å². The fourth-order valence-electron chi connectivity index (χ4n) is 3.12. The summed E-state index contributed by atoms with van der Waals surface area (Å²) in [5.74, 6) is 0. The van der Waals surface area contributed by atoms with Gasteiger partial charge < -0.3 is 24.8 Å². The van der Waals surface area contributed by atoms with E-state index >= 15 is 0 Å². The Hall–Kier alpha value is -0.877. The van der Waals surface area contributed by atoms with Crippen LogP contribution in [0.1, 0.15) is 36.8 Å². The van der Waals surface area contributed by atoms with Gasteiger partial charge in [-0.15, -0.1) is 5.56 Å². The minimum Gasteiger partial charge on any atom is -0.214 e. The standard InChI is InChI=1S/C13H9.C5H8.C5H5.2ClH.Zr/c1-3-7-12-10(5-1)9-11-6-2-4-8-13(11)12;2*1-2-4-5-3-1;;;/h1-5,7-8H,9H2;1-4H2;1-5H;2*1H;/q-1;;-1;;;+2/p-2. The third kappa shape index (κ3) is 6.69. The molecule has 0 atom stereocenters. The smallest absolute Gasteiger partial charge is 0.0253 e. The molecule has 134 valence electrons. The molecule has 0 N–H and O–H groups in total. The van der Waals surface area contributed by atoms with Crippen molar-refractivity contribution < 1.29 is 49.0 Å². The third-order valence-electron chi connectivity index (χ3n) is 4.38. The largest absolute Gasteiger partial charge is 0.214 e. The fourth-order valence-corrected chi connectivity index (χ4v) is 3.99. The summed E-state index contributed by atoms with van der Waals surface area (Å²) in [7, 11) is 0. The Morgan fingerprint density at radius 2 is 1.46 bits per heavy atom. The predicted molar refractivity (Wildman–Crippen MR) is 99.0 cm³/mol. The zero-order valence-corrected chi connectivity index (χ0v) is 18.7. The second-order valence-corrected chi connectivity index (χ2v) is 7.91. The minimum absolute atomic E-state index is 0. The molecule has 26 heavy (non-hydrogen) atoms. The summed E-state index contributed by atoms with van der Waals surface area (Å²) in [6.07, 6.45) is 6.88. The monoisotopic (exact) mass is 458 g/mol. The third-order valence-corrected chi connectivity index (χ3v) is 5.61. The SMILES string of the molecule is [Cl-].[Cl-].[Zr+2]=[C]1CCCC1.[c-]1cccc2c1Cc1ccccc1-2.c1cc[cH-]c1. The van der Waals surface area contributed by atoms with E-state index in [0.717, 1.165) is 6.42 Å². The van der Waals surface area contributed by atoms with Crippen molar-refractivity contribution in [2.24, 2.45) is 0 Å². The van der Waals surface area contributed by atoms with Gasteiger partial charge in [-0.3, -0.25) is 0 Å². The molecular weight excluding hydrogens is 438 g/mol. The Balaban J connectivity index is 0.000000220. The normalized spacial score (nSPS) is 12.9. The van der Waals surface area contributed by atoms with Gasteiger partial charge in [-0.2, -0.15) is 48.0 Å². The van der Waals surface area contributed by atoms with E-state index in [1.54, 1.807) is 27.4 Å². The molecule has 2 aliphatic rings. The summed E-state index contributed by atoms with van der Waals surface area (Å²) in [5.41, 5.74) is 5.51. The predicted octanol–water partition coefficient (Wildman–Crippen LogP) is -0.249. The van der Waals surface area contributed by atoms with Crippen LogP contribution in [-0.4, -0.2) is 3.21 Å². The van der Waals surface area contributed by atoms with Crippen molar-refractivity contribution in [2.75, 3.05) is 0 Å². The second-order valence-electron chi connectivity index (χ2n) is 6.17. The van der Waals surface area contributed by atoms with Crippen LogP contribution in [0.25, 0.3) is 11.1 Å². The molecule has 0 amide bonds. The Morgan fingerprint density at radius 3 is 2.04 bits per heavy atom. The Morgan fingerprint density at radius 1 is 0.808 bits per heavy atom. The van der Waals surface area contributed by atoms with Crippen molar-refractivity contribution in [2.45, 2.75) is 32.1 Å². The molecule has 0 spiro atoms. The van der Waals surface area contributed by atoms with Crippen LogP contribution < -0.4 is 24.8 Å². The first-order valence-corrected chi connectivity index (χ1v) is 9.88. The molecule has 0 radical (unpaired) electrons. The van der Waals surface area contributed by atoms with E-state index < -0.39 is 0 Å². The van der Waals surface area contributed by atoms with Crippen LogP contribution in [0.3, 0.4) is 0 Å². The van der Waals surface area contributed by atoms with Gasteiger partial charge in [-0.1, -0.05) is 35.4 Å². The van der Waals surface area contributed by atoms with Crippen molar-refractivity contribution >= 4 is 3.21 Å². The van der Waals surface area contributed by atoms with E-state index in [1.807, 2.05) is 36.4 Å². The summed E-state index contributed by atoms with van der Waals surface area (Å²) in [4.78, 5) is 0. The average Bonchev–Trinajstić information content (AvgIpc) is 3.38. The zero-order valence-electron chi connectivity index (χ0n) is 14.7. The summed E-state index contributed by atoms with van der Waals surface area (Å²) in [5, 5.41) is 0. The molecule has 3 heteroatoms. The number of hydrogen-bond acceptors (Lipinski definition) is 0. The van der Waals surface area contributed by atoms with E-state index in [0.29, 0.717) is 0 Å². The molecule has 1 saturated carbocycles.